The maximum atomic E-state index is 5.89. The lowest BCUT2D eigenvalue weighted by atomic mass is 10.2. The van der Waals surface area contributed by atoms with Crippen LogP contribution in [0.3, 0.4) is 0 Å². The molecule has 1 saturated heterocycles. The Morgan fingerprint density at radius 1 is 1.40 bits per heavy atom. The van der Waals surface area contributed by atoms with E-state index in [0.717, 1.165) is 42.5 Å². The lowest BCUT2D eigenvalue weighted by Gasteiger charge is -2.33. The van der Waals surface area contributed by atoms with Crippen LogP contribution in [0.15, 0.2) is 34.9 Å². The van der Waals surface area contributed by atoms with Gasteiger partial charge in [0.15, 0.2) is 0 Å². The molecule has 3 rings (SSSR count). The fourth-order valence-corrected chi connectivity index (χ4v) is 2.56. The average Bonchev–Trinajstić information content (AvgIpc) is 2.91. The first-order valence-corrected chi connectivity index (χ1v) is 7.25. The van der Waals surface area contributed by atoms with Crippen LogP contribution in [0.5, 0.6) is 0 Å². The second kappa shape index (κ2) is 5.95. The van der Waals surface area contributed by atoms with Crippen LogP contribution in [0.2, 0.25) is 5.02 Å². The van der Waals surface area contributed by atoms with Gasteiger partial charge in [0.25, 0.3) is 0 Å². The van der Waals surface area contributed by atoms with Crippen molar-refractivity contribution in [3.8, 4) is 11.5 Å². The summed E-state index contributed by atoms with van der Waals surface area (Å²) >= 11 is 5.89. The van der Waals surface area contributed by atoms with Gasteiger partial charge in [-0.3, -0.25) is 4.90 Å². The monoisotopic (exact) mass is 291 g/mol. The van der Waals surface area contributed by atoms with Crippen LogP contribution >= 0.6 is 11.6 Å². The van der Waals surface area contributed by atoms with Gasteiger partial charge < -0.3 is 9.73 Å². The van der Waals surface area contributed by atoms with E-state index in [9.17, 15) is 0 Å². The summed E-state index contributed by atoms with van der Waals surface area (Å²) in [6, 6.07) is 8.06. The summed E-state index contributed by atoms with van der Waals surface area (Å²) in [4.78, 5) is 6.98. The standard InChI is InChI=1S/C15H18ClN3O/c1-11-8-17-6-7-19(11)9-14-10-20-15(18-14)12-2-4-13(16)5-3-12/h2-5,10-11,17H,6-9H2,1H3. The lowest BCUT2D eigenvalue weighted by Crippen LogP contribution is -2.49. The van der Waals surface area contributed by atoms with Gasteiger partial charge in [-0.25, -0.2) is 4.98 Å². The molecule has 1 aliphatic rings. The number of hydrogen-bond donors (Lipinski definition) is 1. The third-order valence-corrected chi connectivity index (χ3v) is 3.90. The van der Waals surface area contributed by atoms with Crippen molar-refractivity contribution in [3.05, 3.63) is 41.2 Å². The third-order valence-electron chi connectivity index (χ3n) is 3.65. The Hall–Kier alpha value is -1.36. The minimum Gasteiger partial charge on any atom is -0.444 e. The summed E-state index contributed by atoms with van der Waals surface area (Å²) in [6.45, 7) is 6.17. The molecule has 4 nitrogen and oxygen atoms in total. The third kappa shape index (κ3) is 3.03. The molecule has 106 valence electrons. The number of piperazine rings is 1. The molecular weight excluding hydrogens is 274 g/mol. The van der Waals surface area contributed by atoms with E-state index in [4.69, 9.17) is 16.0 Å². The highest BCUT2D eigenvalue weighted by Crippen LogP contribution is 2.21. The highest BCUT2D eigenvalue weighted by atomic mass is 35.5. The summed E-state index contributed by atoms with van der Waals surface area (Å²) < 4.78 is 5.57. The topological polar surface area (TPSA) is 41.3 Å². The fraction of sp³-hybridized carbons (Fsp3) is 0.400. The molecule has 0 amide bonds. The Bertz CT molecular complexity index is 567. The van der Waals surface area contributed by atoms with Crippen LogP contribution in [0.1, 0.15) is 12.6 Å². The molecule has 0 saturated carbocycles. The first-order valence-electron chi connectivity index (χ1n) is 6.87. The molecule has 0 aliphatic carbocycles. The molecule has 0 radical (unpaired) electrons. The van der Waals surface area contributed by atoms with Crippen LogP contribution < -0.4 is 5.32 Å². The molecule has 2 aromatic rings. The van der Waals surface area contributed by atoms with Gasteiger partial charge in [0.1, 0.15) is 6.26 Å². The van der Waals surface area contributed by atoms with Crippen LogP contribution in [-0.2, 0) is 6.54 Å². The van der Waals surface area contributed by atoms with Crippen molar-refractivity contribution in [3.63, 3.8) is 0 Å². The van der Waals surface area contributed by atoms with Crippen molar-refractivity contribution < 1.29 is 4.42 Å². The predicted octanol–water partition coefficient (Wildman–Crippen LogP) is 2.79. The van der Waals surface area contributed by atoms with E-state index >= 15 is 0 Å². The van der Waals surface area contributed by atoms with E-state index < -0.39 is 0 Å². The SMILES string of the molecule is CC1CNCCN1Cc1coc(-c2ccc(Cl)cc2)n1. The normalized spacial score (nSPS) is 20.2. The zero-order valence-corrected chi connectivity index (χ0v) is 12.2. The number of halogens is 1. The van der Waals surface area contributed by atoms with Gasteiger partial charge in [-0.15, -0.1) is 0 Å². The molecule has 20 heavy (non-hydrogen) atoms. The van der Waals surface area contributed by atoms with E-state index in [0.29, 0.717) is 11.9 Å². The number of aromatic nitrogens is 1. The average molecular weight is 292 g/mol. The van der Waals surface area contributed by atoms with E-state index in [1.807, 2.05) is 24.3 Å². The Kier molecular flexibility index (Phi) is 4.05. The van der Waals surface area contributed by atoms with Crippen LogP contribution in [0.4, 0.5) is 0 Å². The fourth-order valence-electron chi connectivity index (χ4n) is 2.43. The first-order chi connectivity index (χ1) is 9.72. The molecule has 0 bridgehead atoms. The van der Waals surface area contributed by atoms with Crippen LogP contribution in [0, 0.1) is 0 Å². The number of nitrogens with zero attached hydrogens (tertiary/aromatic N) is 2. The Balaban J connectivity index is 1.71. The summed E-state index contributed by atoms with van der Waals surface area (Å²) in [5.74, 6) is 0.652. The molecule has 1 fully saturated rings. The highest BCUT2D eigenvalue weighted by Gasteiger charge is 2.19. The van der Waals surface area contributed by atoms with Gasteiger partial charge in [0.2, 0.25) is 5.89 Å². The summed E-state index contributed by atoms with van der Waals surface area (Å²) in [5.41, 5.74) is 1.93. The largest absolute Gasteiger partial charge is 0.444 e. The summed E-state index contributed by atoms with van der Waals surface area (Å²) in [5, 5.41) is 4.11. The summed E-state index contributed by atoms with van der Waals surface area (Å²) in [7, 11) is 0. The molecule has 1 aromatic heterocycles. The maximum absolute atomic E-state index is 5.89. The molecule has 1 aromatic carbocycles. The molecule has 5 heteroatoms. The number of rotatable bonds is 3. The maximum Gasteiger partial charge on any atom is 0.226 e. The van der Waals surface area contributed by atoms with Crippen LogP contribution in [-0.4, -0.2) is 35.6 Å². The van der Waals surface area contributed by atoms with Crippen molar-refractivity contribution in [1.29, 1.82) is 0 Å². The van der Waals surface area contributed by atoms with Crippen molar-refractivity contribution in [1.82, 2.24) is 15.2 Å². The van der Waals surface area contributed by atoms with Gasteiger partial charge in [0, 0.05) is 42.8 Å². The van der Waals surface area contributed by atoms with E-state index in [1.54, 1.807) is 6.26 Å². The zero-order valence-electron chi connectivity index (χ0n) is 11.5. The van der Waals surface area contributed by atoms with E-state index in [2.05, 4.69) is 22.1 Å². The molecule has 1 unspecified atom stereocenters. The predicted molar refractivity (Wildman–Crippen MR) is 79.7 cm³/mol. The van der Waals surface area contributed by atoms with Gasteiger partial charge in [-0.2, -0.15) is 0 Å². The molecule has 1 atom stereocenters. The van der Waals surface area contributed by atoms with E-state index in [-0.39, 0.29) is 0 Å². The van der Waals surface area contributed by atoms with Crippen molar-refractivity contribution in [2.24, 2.45) is 0 Å². The van der Waals surface area contributed by atoms with Gasteiger partial charge in [-0.1, -0.05) is 11.6 Å². The second-order valence-corrected chi connectivity index (χ2v) is 5.61. The molecular formula is C15H18ClN3O. The van der Waals surface area contributed by atoms with Gasteiger partial charge >= 0.3 is 0 Å². The summed E-state index contributed by atoms with van der Waals surface area (Å²) in [6.07, 6.45) is 1.75. The molecule has 2 heterocycles. The highest BCUT2D eigenvalue weighted by molar-refractivity contribution is 6.30. The van der Waals surface area contributed by atoms with Gasteiger partial charge in [0.05, 0.1) is 5.69 Å². The molecule has 1 N–H and O–H groups in total. The molecule has 0 spiro atoms. The minimum atomic E-state index is 0.527. The Labute approximate surface area is 123 Å². The van der Waals surface area contributed by atoms with E-state index in [1.165, 1.54) is 0 Å². The quantitative estimate of drug-likeness (QED) is 0.944. The smallest absolute Gasteiger partial charge is 0.226 e. The number of nitrogens with one attached hydrogen (secondary N) is 1. The van der Waals surface area contributed by atoms with Gasteiger partial charge in [-0.05, 0) is 31.2 Å². The zero-order chi connectivity index (χ0) is 13.9. The molecule has 1 aliphatic heterocycles. The second-order valence-electron chi connectivity index (χ2n) is 5.17. The number of hydrogen-bond acceptors (Lipinski definition) is 4. The van der Waals surface area contributed by atoms with Crippen LogP contribution in [0.25, 0.3) is 11.5 Å². The lowest BCUT2D eigenvalue weighted by molar-refractivity contribution is 0.163. The number of benzene rings is 1. The Morgan fingerprint density at radius 2 is 2.20 bits per heavy atom. The van der Waals surface area contributed by atoms with Crippen molar-refractivity contribution in [2.75, 3.05) is 19.6 Å². The minimum absolute atomic E-state index is 0.527. The number of oxazole rings is 1. The first kappa shape index (κ1) is 13.6. The van der Waals surface area contributed by atoms with Crippen molar-refractivity contribution in [2.45, 2.75) is 19.5 Å². The van der Waals surface area contributed by atoms with Crippen molar-refractivity contribution >= 4 is 11.6 Å². The Morgan fingerprint density at radius 3 is 2.95 bits per heavy atom.